The fourth-order valence-corrected chi connectivity index (χ4v) is 2.06. The van der Waals surface area contributed by atoms with E-state index >= 15 is 0 Å². The molecule has 2 N–H and O–H groups in total. The second-order valence-electron chi connectivity index (χ2n) is 5.45. The number of amides is 1. The second kappa shape index (κ2) is 7.89. The lowest BCUT2D eigenvalue weighted by molar-refractivity contribution is -0.131. The molecule has 0 fully saturated rings. The molecule has 108 valence electrons. The number of aromatic nitrogens is 3. The van der Waals surface area contributed by atoms with Crippen LogP contribution in [0.4, 0.5) is 0 Å². The van der Waals surface area contributed by atoms with E-state index in [2.05, 4.69) is 24.0 Å². The van der Waals surface area contributed by atoms with Crippen LogP contribution in [0.25, 0.3) is 0 Å². The Bertz CT molecular complexity index is 363. The van der Waals surface area contributed by atoms with E-state index in [4.69, 9.17) is 5.73 Å². The molecule has 0 aromatic carbocycles. The Morgan fingerprint density at radius 1 is 1.37 bits per heavy atom. The summed E-state index contributed by atoms with van der Waals surface area (Å²) in [4.78, 5) is 13.8. The van der Waals surface area contributed by atoms with Gasteiger partial charge in [0.05, 0.1) is 0 Å². The van der Waals surface area contributed by atoms with E-state index in [0.717, 1.165) is 6.42 Å². The van der Waals surface area contributed by atoms with Crippen molar-refractivity contribution in [3.05, 3.63) is 12.7 Å². The average molecular weight is 267 g/mol. The first-order chi connectivity index (χ1) is 9.02. The third-order valence-corrected chi connectivity index (χ3v) is 3.19. The van der Waals surface area contributed by atoms with Crippen molar-refractivity contribution in [2.75, 3.05) is 20.1 Å². The lowest BCUT2D eigenvalue weighted by atomic mass is 9.94. The van der Waals surface area contributed by atoms with Crippen LogP contribution in [0.15, 0.2) is 12.7 Å². The normalized spacial score (nSPS) is 12.7. The zero-order chi connectivity index (χ0) is 14.3. The van der Waals surface area contributed by atoms with E-state index in [0.29, 0.717) is 32.0 Å². The topological polar surface area (TPSA) is 77.0 Å². The Balaban J connectivity index is 2.34. The summed E-state index contributed by atoms with van der Waals surface area (Å²) in [6, 6.07) is 0. The van der Waals surface area contributed by atoms with Crippen molar-refractivity contribution < 1.29 is 4.79 Å². The van der Waals surface area contributed by atoms with Crippen molar-refractivity contribution in [1.29, 1.82) is 0 Å². The molecule has 0 radical (unpaired) electrons. The molecule has 1 rings (SSSR count). The molecule has 0 bridgehead atoms. The molecule has 0 spiro atoms. The van der Waals surface area contributed by atoms with Crippen molar-refractivity contribution in [3.8, 4) is 0 Å². The van der Waals surface area contributed by atoms with Crippen LogP contribution in [-0.4, -0.2) is 45.7 Å². The number of nitrogens with zero attached hydrogens (tertiary/aromatic N) is 4. The van der Waals surface area contributed by atoms with Gasteiger partial charge >= 0.3 is 0 Å². The largest absolute Gasteiger partial charge is 0.344 e. The maximum Gasteiger partial charge on any atom is 0.222 e. The summed E-state index contributed by atoms with van der Waals surface area (Å²) in [5.41, 5.74) is 5.73. The minimum atomic E-state index is 0.157. The Morgan fingerprint density at radius 3 is 2.53 bits per heavy atom. The first kappa shape index (κ1) is 15.6. The van der Waals surface area contributed by atoms with Gasteiger partial charge in [-0.3, -0.25) is 4.79 Å². The minimum Gasteiger partial charge on any atom is -0.344 e. The van der Waals surface area contributed by atoms with Crippen molar-refractivity contribution in [2.45, 2.75) is 33.2 Å². The number of carbonyl (C=O) groups excluding carboxylic acids is 1. The molecule has 6 heteroatoms. The predicted octanol–water partition coefficient (Wildman–Crippen LogP) is 0.748. The number of hydrogen-bond acceptors (Lipinski definition) is 4. The Hall–Kier alpha value is -1.43. The molecule has 6 nitrogen and oxygen atoms in total. The highest BCUT2D eigenvalue weighted by Crippen LogP contribution is 2.15. The quantitative estimate of drug-likeness (QED) is 0.754. The Morgan fingerprint density at radius 2 is 2.00 bits per heavy atom. The van der Waals surface area contributed by atoms with Crippen molar-refractivity contribution in [2.24, 2.45) is 17.6 Å². The fraction of sp³-hybridized carbons (Fsp3) is 0.769. The zero-order valence-corrected chi connectivity index (χ0v) is 12.1. The van der Waals surface area contributed by atoms with E-state index in [9.17, 15) is 4.79 Å². The Kier molecular flexibility index (Phi) is 6.49. The zero-order valence-electron chi connectivity index (χ0n) is 12.1. The fourth-order valence-electron chi connectivity index (χ4n) is 2.06. The number of nitrogens with two attached hydrogens (primary N) is 1. The van der Waals surface area contributed by atoms with Gasteiger partial charge in [0.15, 0.2) is 0 Å². The highest BCUT2D eigenvalue weighted by atomic mass is 16.2. The van der Waals surface area contributed by atoms with Crippen molar-refractivity contribution >= 4 is 5.91 Å². The van der Waals surface area contributed by atoms with Crippen molar-refractivity contribution in [1.82, 2.24) is 19.7 Å². The molecule has 0 aliphatic heterocycles. The third-order valence-electron chi connectivity index (χ3n) is 3.19. The van der Waals surface area contributed by atoms with Gasteiger partial charge in [0.25, 0.3) is 0 Å². The molecule has 0 saturated carbocycles. The SMILES string of the molecule is CC(C)C[C@H](CN)CC(=O)N(C)CCn1cnnc1. The lowest BCUT2D eigenvalue weighted by Gasteiger charge is -2.22. The van der Waals surface area contributed by atoms with E-state index in [1.807, 2.05) is 11.6 Å². The van der Waals surface area contributed by atoms with Gasteiger partial charge in [0.1, 0.15) is 12.7 Å². The standard InChI is InChI=1S/C13H25N5O/c1-11(2)6-12(8-14)7-13(19)17(3)4-5-18-9-15-16-10-18/h9-12H,4-8,14H2,1-3H3/t12-/m0/s1. The second-order valence-corrected chi connectivity index (χ2v) is 5.45. The van der Waals surface area contributed by atoms with Gasteiger partial charge in [-0.2, -0.15) is 0 Å². The molecular formula is C13H25N5O. The molecule has 1 aromatic heterocycles. The van der Waals surface area contributed by atoms with Gasteiger partial charge < -0.3 is 15.2 Å². The summed E-state index contributed by atoms with van der Waals surface area (Å²) in [6.07, 6.45) is 4.84. The minimum absolute atomic E-state index is 0.157. The van der Waals surface area contributed by atoms with Crippen LogP contribution in [0.1, 0.15) is 26.7 Å². The maximum atomic E-state index is 12.1. The van der Waals surface area contributed by atoms with Crippen LogP contribution >= 0.6 is 0 Å². The predicted molar refractivity (Wildman–Crippen MR) is 74.3 cm³/mol. The third kappa shape index (κ3) is 5.83. The summed E-state index contributed by atoms with van der Waals surface area (Å²) >= 11 is 0. The van der Waals surface area contributed by atoms with Crippen LogP contribution in [-0.2, 0) is 11.3 Å². The average Bonchev–Trinajstić information content (AvgIpc) is 2.87. The Labute approximate surface area is 115 Å². The smallest absolute Gasteiger partial charge is 0.222 e. The van der Waals surface area contributed by atoms with E-state index in [1.54, 1.807) is 17.6 Å². The summed E-state index contributed by atoms with van der Waals surface area (Å²) in [7, 11) is 1.83. The van der Waals surface area contributed by atoms with Crippen LogP contribution < -0.4 is 5.73 Å². The molecule has 1 heterocycles. The summed E-state index contributed by atoms with van der Waals surface area (Å²) in [5, 5.41) is 7.46. The molecule has 19 heavy (non-hydrogen) atoms. The number of likely N-dealkylation sites (N-methyl/N-ethyl adjacent to an activating group) is 1. The number of hydrogen-bond donors (Lipinski definition) is 1. The van der Waals surface area contributed by atoms with Gasteiger partial charge in [-0.15, -0.1) is 10.2 Å². The van der Waals surface area contributed by atoms with Crippen LogP contribution in [0.3, 0.4) is 0 Å². The molecule has 0 unspecified atom stereocenters. The highest BCUT2D eigenvalue weighted by molar-refractivity contribution is 5.76. The molecule has 1 atom stereocenters. The summed E-state index contributed by atoms with van der Waals surface area (Å²) in [6.45, 7) is 6.26. The molecule has 0 aliphatic rings. The van der Waals surface area contributed by atoms with Crippen LogP contribution in [0, 0.1) is 11.8 Å². The molecular weight excluding hydrogens is 242 g/mol. The van der Waals surface area contributed by atoms with E-state index in [-0.39, 0.29) is 11.8 Å². The monoisotopic (exact) mass is 267 g/mol. The first-order valence-electron chi connectivity index (χ1n) is 6.79. The highest BCUT2D eigenvalue weighted by Gasteiger charge is 2.16. The van der Waals surface area contributed by atoms with Gasteiger partial charge in [0.2, 0.25) is 5.91 Å². The number of rotatable bonds is 8. The van der Waals surface area contributed by atoms with Gasteiger partial charge in [-0.1, -0.05) is 13.8 Å². The van der Waals surface area contributed by atoms with Gasteiger partial charge in [-0.25, -0.2) is 0 Å². The van der Waals surface area contributed by atoms with Crippen LogP contribution in [0.5, 0.6) is 0 Å². The first-order valence-corrected chi connectivity index (χ1v) is 6.79. The van der Waals surface area contributed by atoms with E-state index in [1.165, 1.54) is 0 Å². The van der Waals surface area contributed by atoms with Gasteiger partial charge in [-0.05, 0) is 24.8 Å². The summed E-state index contributed by atoms with van der Waals surface area (Å²) < 4.78 is 1.86. The molecule has 1 aromatic rings. The molecule has 0 saturated heterocycles. The van der Waals surface area contributed by atoms with Crippen molar-refractivity contribution in [3.63, 3.8) is 0 Å². The lowest BCUT2D eigenvalue weighted by Crippen LogP contribution is -2.33. The van der Waals surface area contributed by atoms with Crippen LogP contribution in [0.2, 0.25) is 0 Å². The van der Waals surface area contributed by atoms with E-state index < -0.39 is 0 Å². The van der Waals surface area contributed by atoms with Gasteiger partial charge in [0, 0.05) is 26.6 Å². The number of carbonyl (C=O) groups is 1. The summed E-state index contributed by atoms with van der Waals surface area (Å²) in [5.74, 6) is 1.01. The maximum absolute atomic E-state index is 12.1. The molecule has 1 amide bonds. The molecule has 0 aliphatic carbocycles.